The molecule has 1 spiro atoms. The minimum absolute atomic E-state index is 0.0134. The van der Waals surface area contributed by atoms with Crippen molar-refractivity contribution in [3.63, 3.8) is 0 Å². The quantitative estimate of drug-likeness (QED) is 0.0664. The van der Waals surface area contributed by atoms with Crippen molar-refractivity contribution in [2.45, 2.75) is 135 Å². The van der Waals surface area contributed by atoms with Crippen LogP contribution in [0.25, 0.3) is 22.3 Å². The number of hydrogen-bond acceptors (Lipinski definition) is 4. The topological polar surface area (TPSA) is 47.9 Å². The molecule has 2 aliphatic carbocycles. The van der Waals surface area contributed by atoms with E-state index in [2.05, 4.69) is 114 Å². The van der Waals surface area contributed by atoms with Crippen molar-refractivity contribution in [2.24, 2.45) is 0 Å². The molecule has 3 aliphatic rings. The van der Waals surface area contributed by atoms with Crippen LogP contribution in [0.2, 0.25) is 0 Å². The Balaban J connectivity index is 1.49. The van der Waals surface area contributed by atoms with E-state index in [1.165, 1.54) is 120 Å². The molecule has 1 fully saturated rings. The molecule has 2 atom stereocenters. The standard InChI is InChI=1S/C49H63B2O4/c1-7-11-13-15-25-47(5,9-3)35-17-21-39-40-22-18-36(48(6,10-4)26-16-14-12-8-2)32-44(40)49(43(39)31-35)45-33-37(50-53-28-27-52)19-23-41(45)42-24-20-38(34-46(42)49)51-54-29-30-55-51/h17-24,31-34,52H,7-16,25-30H2,1-6H3. The van der Waals surface area contributed by atoms with Crippen LogP contribution in [-0.2, 0) is 30.2 Å². The highest BCUT2D eigenvalue weighted by molar-refractivity contribution is 6.61. The highest BCUT2D eigenvalue weighted by atomic mass is 16.6. The first-order valence-electron chi connectivity index (χ1n) is 21.7. The Morgan fingerprint density at radius 1 is 0.636 bits per heavy atom. The maximum absolute atomic E-state index is 9.54. The van der Waals surface area contributed by atoms with Gasteiger partial charge in [0, 0.05) is 0 Å². The maximum atomic E-state index is 9.54. The first kappa shape index (κ1) is 40.1. The van der Waals surface area contributed by atoms with Crippen molar-refractivity contribution in [2.75, 3.05) is 26.4 Å². The van der Waals surface area contributed by atoms with Crippen molar-refractivity contribution in [1.82, 2.24) is 0 Å². The highest BCUT2D eigenvalue weighted by Crippen LogP contribution is 2.63. The molecular weight excluding hydrogens is 674 g/mol. The summed E-state index contributed by atoms with van der Waals surface area (Å²) in [6, 6.07) is 28.8. The largest absolute Gasteiger partial charge is 0.494 e. The Kier molecular flexibility index (Phi) is 12.5. The molecule has 2 unspecified atom stereocenters. The van der Waals surface area contributed by atoms with Crippen LogP contribution in [0.1, 0.15) is 152 Å². The number of aliphatic hydroxyl groups excluding tert-OH is 1. The van der Waals surface area contributed by atoms with E-state index < -0.39 is 5.41 Å². The summed E-state index contributed by atoms with van der Waals surface area (Å²) in [4.78, 5) is 0. The fourth-order valence-corrected chi connectivity index (χ4v) is 9.93. The number of unbranched alkanes of at least 4 members (excludes halogenated alkanes) is 6. The van der Waals surface area contributed by atoms with Crippen molar-refractivity contribution in [1.29, 1.82) is 0 Å². The summed E-state index contributed by atoms with van der Waals surface area (Å²) in [6.45, 7) is 15.8. The number of benzene rings is 4. The number of rotatable bonds is 19. The molecule has 4 aromatic rings. The average Bonchev–Trinajstić information content (AvgIpc) is 3.93. The summed E-state index contributed by atoms with van der Waals surface area (Å²) in [5.74, 6) is 0. The molecule has 4 nitrogen and oxygen atoms in total. The van der Waals surface area contributed by atoms with E-state index in [0.717, 1.165) is 23.8 Å². The minimum Gasteiger partial charge on any atom is -0.432 e. The van der Waals surface area contributed by atoms with Gasteiger partial charge < -0.3 is 19.1 Å². The molecule has 1 N–H and O–H groups in total. The van der Waals surface area contributed by atoms with Crippen LogP contribution in [0.15, 0.2) is 72.8 Å². The summed E-state index contributed by atoms with van der Waals surface area (Å²) in [7, 11) is 1.45. The minimum atomic E-state index is -0.537. The van der Waals surface area contributed by atoms with Gasteiger partial charge in [0.2, 0.25) is 0 Å². The smallest absolute Gasteiger partial charge is 0.432 e. The van der Waals surface area contributed by atoms with Gasteiger partial charge in [0.15, 0.2) is 0 Å². The van der Waals surface area contributed by atoms with E-state index >= 15 is 0 Å². The molecule has 1 saturated heterocycles. The monoisotopic (exact) mass is 737 g/mol. The molecule has 0 saturated carbocycles. The molecule has 0 aromatic heterocycles. The Hall–Kier alpha value is -3.15. The lowest BCUT2D eigenvalue weighted by Crippen LogP contribution is -2.34. The van der Waals surface area contributed by atoms with Crippen LogP contribution in [0.3, 0.4) is 0 Å². The molecule has 55 heavy (non-hydrogen) atoms. The van der Waals surface area contributed by atoms with Crippen molar-refractivity contribution < 1.29 is 19.1 Å². The van der Waals surface area contributed by atoms with Crippen LogP contribution in [0.4, 0.5) is 0 Å². The van der Waals surface area contributed by atoms with Crippen molar-refractivity contribution in [3.05, 3.63) is 106 Å². The molecule has 7 rings (SSSR count). The van der Waals surface area contributed by atoms with Crippen LogP contribution < -0.4 is 10.9 Å². The molecular formula is C49H63B2O4. The van der Waals surface area contributed by atoms with E-state index in [0.29, 0.717) is 13.2 Å². The van der Waals surface area contributed by atoms with Gasteiger partial charge in [-0.15, -0.1) is 0 Å². The van der Waals surface area contributed by atoms with Gasteiger partial charge in [0.25, 0.3) is 0 Å². The van der Waals surface area contributed by atoms with Gasteiger partial charge in [-0.2, -0.15) is 0 Å². The van der Waals surface area contributed by atoms with Gasteiger partial charge in [0.1, 0.15) is 0 Å². The van der Waals surface area contributed by atoms with E-state index in [9.17, 15) is 5.11 Å². The molecule has 1 aliphatic heterocycles. The van der Waals surface area contributed by atoms with Gasteiger partial charge in [0.05, 0.1) is 31.8 Å². The molecule has 0 amide bonds. The van der Waals surface area contributed by atoms with Crippen molar-refractivity contribution >= 4 is 25.5 Å². The SMILES string of the molecule is CCCCCCC(C)(CC)c1ccc2c(c1)C1(c3cc([B]OCCO)ccc3-c3ccc(B4OCCO4)cc31)c1cc(C(C)(CC)CCCCCC)ccc1-2. The first-order chi connectivity index (χ1) is 26.8. The number of fused-ring (bicyclic) bond motifs is 10. The summed E-state index contributed by atoms with van der Waals surface area (Å²) < 4.78 is 18.1. The first-order valence-corrected chi connectivity index (χ1v) is 21.7. The van der Waals surface area contributed by atoms with E-state index in [1.807, 2.05) is 7.48 Å². The van der Waals surface area contributed by atoms with E-state index in [1.54, 1.807) is 0 Å². The Labute approximate surface area is 333 Å². The Bertz CT molecular complexity index is 1870. The highest BCUT2D eigenvalue weighted by Gasteiger charge is 2.53. The molecule has 4 aromatic carbocycles. The summed E-state index contributed by atoms with van der Waals surface area (Å²) in [5.41, 5.74) is 15.1. The fraction of sp³-hybridized carbons (Fsp3) is 0.510. The van der Waals surface area contributed by atoms with Crippen LogP contribution >= 0.6 is 0 Å². The molecule has 6 heteroatoms. The predicted molar refractivity (Wildman–Crippen MR) is 231 cm³/mol. The molecule has 1 heterocycles. The van der Waals surface area contributed by atoms with Crippen molar-refractivity contribution in [3.8, 4) is 22.3 Å². The number of hydrogen-bond donors (Lipinski definition) is 1. The molecule has 1 radical (unpaired) electrons. The predicted octanol–water partition coefficient (Wildman–Crippen LogP) is 10.3. The second kappa shape index (κ2) is 17.1. The Morgan fingerprint density at radius 3 is 1.64 bits per heavy atom. The summed E-state index contributed by atoms with van der Waals surface area (Å²) >= 11 is 0. The lowest BCUT2D eigenvalue weighted by molar-refractivity contribution is 0.209. The third-order valence-corrected chi connectivity index (χ3v) is 13.8. The third-order valence-electron chi connectivity index (χ3n) is 13.8. The second-order valence-corrected chi connectivity index (χ2v) is 17.1. The van der Waals surface area contributed by atoms with Gasteiger partial charge >= 0.3 is 14.6 Å². The Morgan fingerprint density at radius 2 is 1.13 bits per heavy atom. The summed E-state index contributed by atoms with van der Waals surface area (Å²) in [5, 5.41) is 9.54. The molecule has 289 valence electrons. The summed E-state index contributed by atoms with van der Waals surface area (Å²) in [6.07, 6.45) is 14.8. The normalized spacial score (nSPS) is 18.9. The van der Waals surface area contributed by atoms with E-state index in [4.69, 9.17) is 14.0 Å². The van der Waals surface area contributed by atoms with Crippen LogP contribution in [-0.4, -0.2) is 46.1 Å². The maximum Gasteiger partial charge on any atom is 0.494 e. The fourth-order valence-electron chi connectivity index (χ4n) is 9.93. The van der Waals surface area contributed by atoms with E-state index in [-0.39, 0.29) is 31.2 Å². The third kappa shape index (κ3) is 7.31. The zero-order valence-electron chi connectivity index (χ0n) is 34.6. The zero-order chi connectivity index (χ0) is 38.6. The van der Waals surface area contributed by atoms with Gasteiger partial charge in [-0.25, -0.2) is 0 Å². The van der Waals surface area contributed by atoms with Gasteiger partial charge in [-0.3, -0.25) is 0 Å². The van der Waals surface area contributed by atoms with Crippen LogP contribution in [0, 0.1) is 0 Å². The zero-order valence-corrected chi connectivity index (χ0v) is 34.6. The second-order valence-electron chi connectivity index (χ2n) is 17.1. The number of aliphatic hydroxyl groups is 1. The van der Waals surface area contributed by atoms with Gasteiger partial charge in [-0.05, 0) is 97.6 Å². The molecule has 0 bridgehead atoms. The van der Waals surface area contributed by atoms with Crippen LogP contribution in [0.5, 0.6) is 0 Å². The lowest BCUT2D eigenvalue weighted by Gasteiger charge is -2.35. The lowest BCUT2D eigenvalue weighted by atomic mass is 9.65. The van der Waals surface area contributed by atoms with Gasteiger partial charge in [-0.1, -0.05) is 171 Å². The average molecular weight is 738 g/mol.